The van der Waals surface area contributed by atoms with Gasteiger partial charge >= 0.3 is 0 Å². The second-order valence-electron chi connectivity index (χ2n) is 4.63. The summed E-state index contributed by atoms with van der Waals surface area (Å²) in [5.41, 5.74) is 7.12. The van der Waals surface area contributed by atoms with E-state index in [0.717, 1.165) is 0 Å². The molecule has 2 N–H and O–H groups in total. The van der Waals surface area contributed by atoms with Crippen molar-refractivity contribution in [2.24, 2.45) is 0 Å². The van der Waals surface area contributed by atoms with Crippen LogP contribution in [0.1, 0.15) is 29.9 Å². The van der Waals surface area contributed by atoms with E-state index < -0.39 is 0 Å². The third-order valence-electron chi connectivity index (χ3n) is 3.17. The number of pyridine rings is 1. The van der Waals surface area contributed by atoms with Crippen LogP contribution in [0, 0.1) is 6.92 Å². The lowest BCUT2D eigenvalue weighted by atomic mass is 10.1. The van der Waals surface area contributed by atoms with Crippen molar-refractivity contribution in [1.29, 1.82) is 0 Å². The zero-order valence-electron chi connectivity index (χ0n) is 12.5. The summed E-state index contributed by atoms with van der Waals surface area (Å²) in [7, 11) is 1.60. The van der Waals surface area contributed by atoms with Crippen LogP contribution < -0.4 is 5.73 Å². The molecule has 0 atom stereocenters. The van der Waals surface area contributed by atoms with Gasteiger partial charge in [-0.2, -0.15) is 0 Å². The monoisotopic (exact) mass is 278 g/mol. The highest BCUT2D eigenvalue weighted by Crippen LogP contribution is 2.12. The summed E-state index contributed by atoms with van der Waals surface area (Å²) in [5.74, 6) is -0.317. The third-order valence-corrected chi connectivity index (χ3v) is 3.17. The average Bonchev–Trinajstić information content (AvgIpc) is 2.42. The number of hydrogen-bond donors (Lipinski definition) is 1. The van der Waals surface area contributed by atoms with E-state index in [1.165, 1.54) is 11.1 Å². The van der Waals surface area contributed by atoms with E-state index in [0.29, 0.717) is 30.0 Å². The predicted octanol–water partition coefficient (Wildman–Crippen LogP) is 0.913. The lowest BCUT2D eigenvalue weighted by Gasteiger charge is -2.23. The highest BCUT2D eigenvalue weighted by atomic mass is 16.2. The highest BCUT2D eigenvalue weighted by Gasteiger charge is 2.19. The number of nitrogen functional groups attached to an aromatic ring is 1. The Labute approximate surface area is 119 Å². The summed E-state index contributed by atoms with van der Waals surface area (Å²) >= 11 is 0. The van der Waals surface area contributed by atoms with E-state index in [9.17, 15) is 9.59 Å². The maximum atomic E-state index is 12.3. The SMILES string of the molecule is CCN(CC)C(=O)CN(C)C(=O)c1cc(N)cnc1C. The molecule has 2 amide bonds. The van der Waals surface area contributed by atoms with Crippen LogP contribution in [-0.4, -0.2) is 53.3 Å². The molecule has 1 heterocycles. The number of rotatable bonds is 5. The molecular formula is C14H22N4O2. The van der Waals surface area contributed by atoms with E-state index in [1.54, 1.807) is 24.9 Å². The summed E-state index contributed by atoms with van der Waals surface area (Å²) in [6, 6.07) is 1.59. The van der Waals surface area contributed by atoms with Crippen molar-refractivity contribution in [3.63, 3.8) is 0 Å². The van der Waals surface area contributed by atoms with Crippen molar-refractivity contribution < 1.29 is 9.59 Å². The molecular weight excluding hydrogens is 256 g/mol. The molecule has 110 valence electrons. The molecule has 1 aromatic rings. The quantitative estimate of drug-likeness (QED) is 0.868. The number of hydrogen-bond acceptors (Lipinski definition) is 4. The van der Waals surface area contributed by atoms with Crippen molar-refractivity contribution in [3.05, 3.63) is 23.5 Å². The van der Waals surface area contributed by atoms with Gasteiger partial charge in [-0.3, -0.25) is 14.6 Å². The van der Waals surface area contributed by atoms with Gasteiger partial charge in [-0.25, -0.2) is 0 Å². The molecule has 0 bridgehead atoms. The van der Waals surface area contributed by atoms with E-state index in [2.05, 4.69) is 4.98 Å². The molecule has 6 nitrogen and oxygen atoms in total. The zero-order chi connectivity index (χ0) is 15.3. The lowest BCUT2D eigenvalue weighted by molar-refractivity contribution is -0.131. The number of nitrogens with two attached hydrogens (primary N) is 1. The van der Waals surface area contributed by atoms with Gasteiger partial charge in [0, 0.05) is 20.1 Å². The average molecular weight is 278 g/mol. The summed E-state index contributed by atoms with van der Waals surface area (Å²) in [6.07, 6.45) is 1.51. The second-order valence-corrected chi connectivity index (χ2v) is 4.63. The van der Waals surface area contributed by atoms with Crippen LogP contribution in [0.5, 0.6) is 0 Å². The van der Waals surface area contributed by atoms with Crippen LogP contribution in [-0.2, 0) is 4.79 Å². The minimum atomic E-state index is -0.247. The first-order valence-electron chi connectivity index (χ1n) is 6.66. The number of nitrogens with zero attached hydrogens (tertiary/aromatic N) is 3. The van der Waals surface area contributed by atoms with Gasteiger partial charge < -0.3 is 15.5 Å². The highest BCUT2D eigenvalue weighted by molar-refractivity contribution is 5.97. The van der Waals surface area contributed by atoms with Crippen molar-refractivity contribution in [3.8, 4) is 0 Å². The molecule has 0 aliphatic rings. The Morgan fingerprint density at radius 2 is 1.90 bits per heavy atom. The maximum Gasteiger partial charge on any atom is 0.255 e. The number of aromatic nitrogens is 1. The number of amides is 2. The topological polar surface area (TPSA) is 79.5 Å². The van der Waals surface area contributed by atoms with Gasteiger partial charge in [0.05, 0.1) is 29.7 Å². The van der Waals surface area contributed by atoms with E-state index in [1.807, 2.05) is 13.8 Å². The molecule has 1 rings (SSSR count). The number of carbonyl (C=O) groups excluding carboxylic acids is 2. The molecule has 0 radical (unpaired) electrons. The second kappa shape index (κ2) is 6.88. The molecule has 20 heavy (non-hydrogen) atoms. The van der Waals surface area contributed by atoms with Gasteiger partial charge in [0.25, 0.3) is 5.91 Å². The Hall–Kier alpha value is -2.11. The van der Waals surface area contributed by atoms with Crippen molar-refractivity contribution in [2.45, 2.75) is 20.8 Å². The van der Waals surface area contributed by atoms with Crippen LogP contribution in [0.3, 0.4) is 0 Å². The van der Waals surface area contributed by atoms with Crippen LogP contribution in [0.2, 0.25) is 0 Å². The molecule has 0 aromatic carbocycles. The number of anilines is 1. The Morgan fingerprint density at radius 3 is 2.45 bits per heavy atom. The fourth-order valence-corrected chi connectivity index (χ4v) is 1.92. The lowest BCUT2D eigenvalue weighted by Crippen LogP contribution is -2.41. The Kier molecular flexibility index (Phi) is 5.49. The zero-order valence-corrected chi connectivity index (χ0v) is 12.5. The van der Waals surface area contributed by atoms with Gasteiger partial charge in [0.1, 0.15) is 0 Å². The minimum Gasteiger partial charge on any atom is -0.397 e. The fraction of sp³-hybridized carbons (Fsp3) is 0.500. The number of likely N-dealkylation sites (N-methyl/N-ethyl adjacent to an activating group) is 2. The van der Waals surface area contributed by atoms with Crippen LogP contribution in [0.15, 0.2) is 12.3 Å². The van der Waals surface area contributed by atoms with E-state index in [4.69, 9.17) is 5.73 Å². The van der Waals surface area contributed by atoms with E-state index >= 15 is 0 Å². The molecule has 0 aliphatic carbocycles. The molecule has 0 saturated carbocycles. The number of aryl methyl sites for hydroxylation is 1. The van der Waals surface area contributed by atoms with Gasteiger partial charge in [-0.15, -0.1) is 0 Å². The van der Waals surface area contributed by atoms with Crippen LogP contribution in [0.25, 0.3) is 0 Å². The summed E-state index contributed by atoms with van der Waals surface area (Å²) in [6.45, 7) is 6.89. The minimum absolute atomic E-state index is 0.0503. The third kappa shape index (κ3) is 3.69. The number of carbonyl (C=O) groups is 2. The normalized spacial score (nSPS) is 10.2. The fourth-order valence-electron chi connectivity index (χ4n) is 1.92. The standard InChI is InChI=1S/C14H22N4O2/c1-5-18(6-2)13(19)9-17(4)14(20)12-7-11(15)8-16-10(12)3/h7-8H,5-6,9,15H2,1-4H3. The van der Waals surface area contributed by atoms with Crippen LogP contribution >= 0.6 is 0 Å². The summed E-state index contributed by atoms with van der Waals surface area (Å²) in [5, 5.41) is 0. The molecule has 0 unspecified atom stereocenters. The molecule has 0 aliphatic heterocycles. The molecule has 6 heteroatoms. The van der Waals surface area contributed by atoms with Crippen LogP contribution in [0.4, 0.5) is 5.69 Å². The smallest absolute Gasteiger partial charge is 0.255 e. The van der Waals surface area contributed by atoms with Gasteiger partial charge in [0.2, 0.25) is 5.91 Å². The first-order valence-corrected chi connectivity index (χ1v) is 6.66. The Balaban J connectivity index is 2.82. The first-order chi connectivity index (χ1) is 9.40. The Bertz CT molecular complexity index is 498. The van der Waals surface area contributed by atoms with Crippen molar-refractivity contribution >= 4 is 17.5 Å². The van der Waals surface area contributed by atoms with Gasteiger partial charge in [-0.05, 0) is 26.8 Å². The largest absolute Gasteiger partial charge is 0.397 e. The predicted molar refractivity (Wildman–Crippen MR) is 78.3 cm³/mol. The molecule has 0 spiro atoms. The Morgan fingerprint density at radius 1 is 1.30 bits per heavy atom. The molecule has 1 aromatic heterocycles. The van der Waals surface area contributed by atoms with Gasteiger partial charge in [-0.1, -0.05) is 0 Å². The summed E-state index contributed by atoms with van der Waals surface area (Å²) in [4.78, 5) is 31.4. The van der Waals surface area contributed by atoms with Crippen molar-refractivity contribution in [2.75, 3.05) is 32.4 Å². The molecule has 0 saturated heterocycles. The van der Waals surface area contributed by atoms with Crippen molar-refractivity contribution in [1.82, 2.24) is 14.8 Å². The first kappa shape index (κ1) is 15.9. The molecule has 0 fully saturated rings. The maximum absolute atomic E-state index is 12.3. The summed E-state index contributed by atoms with van der Waals surface area (Å²) < 4.78 is 0. The van der Waals surface area contributed by atoms with E-state index in [-0.39, 0.29) is 18.4 Å². The van der Waals surface area contributed by atoms with Gasteiger partial charge in [0.15, 0.2) is 0 Å².